The summed E-state index contributed by atoms with van der Waals surface area (Å²) in [5.74, 6) is 0. The molecule has 2 rings (SSSR count). The number of nitrogens with one attached hydrogen (secondary N) is 1. The molecule has 13 heavy (non-hydrogen) atoms. The Labute approximate surface area is 81.9 Å². The van der Waals surface area contributed by atoms with Gasteiger partial charge >= 0.3 is 0 Å². The lowest BCUT2D eigenvalue weighted by atomic mass is 10.1. The van der Waals surface area contributed by atoms with Crippen LogP contribution in [0.2, 0.25) is 0 Å². The van der Waals surface area contributed by atoms with Gasteiger partial charge in [-0.05, 0) is 18.2 Å². The monoisotopic (exact) mass is 245 g/mol. The molecule has 0 fully saturated rings. The minimum Gasteiger partial charge on any atom is -0.361 e. The summed E-state index contributed by atoms with van der Waals surface area (Å²) in [6.07, 6.45) is -0.779. The van der Waals surface area contributed by atoms with Gasteiger partial charge in [-0.3, -0.25) is 0 Å². The molecule has 1 N–H and O–H groups in total. The maximum absolute atomic E-state index is 12.5. The van der Waals surface area contributed by atoms with Crippen molar-refractivity contribution in [2.45, 2.75) is 6.43 Å². The van der Waals surface area contributed by atoms with E-state index in [2.05, 4.69) is 20.9 Å². The van der Waals surface area contributed by atoms with E-state index in [0.717, 1.165) is 5.52 Å². The summed E-state index contributed by atoms with van der Waals surface area (Å²) in [6, 6.07) is 4.88. The van der Waals surface area contributed by atoms with Gasteiger partial charge in [0.1, 0.15) is 0 Å². The Kier molecular flexibility index (Phi) is 2.07. The van der Waals surface area contributed by atoms with Gasteiger partial charge in [0.25, 0.3) is 6.43 Å². The Bertz CT molecular complexity index is 436. The number of hydrogen-bond donors (Lipinski definition) is 1. The zero-order valence-electron chi connectivity index (χ0n) is 6.52. The van der Waals surface area contributed by atoms with E-state index in [1.807, 2.05) is 0 Å². The Morgan fingerprint density at radius 3 is 2.77 bits per heavy atom. The predicted octanol–water partition coefficient (Wildman–Crippen LogP) is 3.87. The molecule has 0 aliphatic heterocycles. The number of benzene rings is 1. The highest BCUT2D eigenvalue weighted by molar-refractivity contribution is 9.10. The van der Waals surface area contributed by atoms with Crippen LogP contribution in [0.4, 0.5) is 8.78 Å². The van der Waals surface area contributed by atoms with E-state index < -0.39 is 6.43 Å². The van der Waals surface area contributed by atoms with Crippen molar-refractivity contribution in [2.24, 2.45) is 0 Å². The van der Waals surface area contributed by atoms with Crippen LogP contribution in [0.25, 0.3) is 10.9 Å². The van der Waals surface area contributed by atoms with Gasteiger partial charge in [0.05, 0.1) is 0 Å². The first-order valence-electron chi connectivity index (χ1n) is 3.73. The van der Waals surface area contributed by atoms with Crippen LogP contribution in [0.15, 0.2) is 28.9 Å². The van der Waals surface area contributed by atoms with Crippen molar-refractivity contribution in [1.82, 2.24) is 4.98 Å². The zero-order valence-corrected chi connectivity index (χ0v) is 8.11. The van der Waals surface area contributed by atoms with E-state index in [1.54, 1.807) is 18.3 Å². The molecule has 0 radical (unpaired) electrons. The van der Waals surface area contributed by atoms with E-state index in [4.69, 9.17) is 0 Å². The summed E-state index contributed by atoms with van der Waals surface area (Å²) in [6.45, 7) is 0. The van der Waals surface area contributed by atoms with E-state index in [9.17, 15) is 8.78 Å². The van der Waals surface area contributed by atoms with Crippen molar-refractivity contribution < 1.29 is 8.78 Å². The van der Waals surface area contributed by atoms with Crippen LogP contribution in [0.5, 0.6) is 0 Å². The summed E-state index contributed by atoms with van der Waals surface area (Å²) in [4.78, 5) is 2.89. The normalized spacial score (nSPS) is 11.4. The molecule has 68 valence electrons. The highest BCUT2D eigenvalue weighted by atomic mass is 79.9. The van der Waals surface area contributed by atoms with Gasteiger partial charge in [0.2, 0.25) is 0 Å². The van der Waals surface area contributed by atoms with E-state index in [-0.39, 0.29) is 5.56 Å². The minimum atomic E-state index is -2.43. The van der Waals surface area contributed by atoms with Crippen molar-refractivity contribution >= 4 is 26.8 Å². The highest BCUT2D eigenvalue weighted by Gasteiger charge is 2.12. The van der Waals surface area contributed by atoms with Gasteiger partial charge in [-0.1, -0.05) is 15.9 Å². The summed E-state index contributed by atoms with van der Waals surface area (Å²) >= 11 is 3.18. The second-order valence-electron chi connectivity index (χ2n) is 2.73. The molecule has 1 heterocycles. The van der Waals surface area contributed by atoms with Gasteiger partial charge in [-0.25, -0.2) is 8.78 Å². The molecule has 4 heteroatoms. The number of aromatic nitrogens is 1. The second kappa shape index (κ2) is 3.10. The molecule has 1 aromatic heterocycles. The predicted molar refractivity (Wildman–Crippen MR) is 51.0 cm³/mol. The number of rotatable bonds is 1. The molecule has 0 atom stereocenters. The Balaban J connectivity index is 2.77. The molecule has 0 aliphatic rings. The molecular formula is C9H6BrF2N. The standard InChI is InChI=1S/C9H6BrF2N/c10-5-3-7(9(11)12)6-1-2-13-8(6)4-5/h1-4,9,13H. The van der Waals surface area contributed by atoms with Gasteiger partial charge in [-0.2, -0.15) is 0 Å². The molecular weight excluding hydrogens is 240 g/mol. The molecule has 1 nitrogen and oxygen atoms in total. The maximum atomic E-state index is 12.5. The fourth-order valence-corrected chi connectivity index (χ4v) is 1.82. The Morgan fingerprint density at radius 2 is 2.08 bits per heavy atom. The summed E-state index contributed by atoms with van der Waals surface area (Å²) in [5, 5.41) is 0.582. The molecule has 0 bridgehead atoms. The topological polar surface area (TPSA) is 15.8 Å². The number of halogens is 3. The van der Waals surface area contributed by atoms with E-state index in [1.165, 1.54) is 6.07 Å². The zero-order chi connectivity index (χ0) is 9.42. The molecule has 1 aromatic carbocycles. The number of fused-ring (bicyclic) bond motifs is 1. The largest absolute Gasteiger partial charge is 0.361 e. The second-order valence-corrected chi connectivity index (χ2v) is 3.65. The minimum absolute atomic E-state index is 0.0608. The maximum Gasteiger partial charge on any atom is 0.264 e. The SMILES string of the molecule is FC(F)c1cc(Br)cc2[nH]ccc12. The third-order valence-electron chi connectivity index (χ3n) is 1.90. The van der Waals surface area contributed by atoms with Crippen LogP contribution in [-0.2, 0) is 0 Å². The Morgan fingerprint density at radius 1 is 1.31 bits per heavy atom. The van der Waals surface area contributed by atoms with Crippen LogP contribution >= 0.6 is 15.9 Å². The highest BCUT2D eigenvalue weighted by Crippen LogP contribution is 2.30. The summed E-state index contributed by atoms with van der Waals surface area (Å²) in [5.41, 5.74) is 0.787. The van der Waals surface area contributed by atoms with Crippen LogP contribution in [0, 0.1) is 0 Å². The molecule has 0 saturated carbocycles. The van der Waals surface area contributed by atoms with Crippen LogP contribution in [-0.4, -0.2) is 4.98 Å². The quantitative estimate of drug-likeness (QED) is 0.786. The van der Waals surface area contributed by atoms with Crippen LogP contribution in [0.3, 0.4) is 0 Å². The third-order valence-corrected chi connectivity index (χ3v) is 2.36. The van der Waals surface area contributed by atoms with E-state index >= 15 is 0 Å². The average molecular weight is 246 g/mol. The summed E-state index contributed by atoms with van der Waals surface area (Å²) < 4.78 is 25.7. The number of hydrogen-bond acceptors (Lipinski definition) is 0. The smallest absolute Gasteiger partial charge is 0.264 e. The van der Waals surface area contributed by atoms with Crippen LogP contribution < -0.4 is 0 Å². The van der Waals surface area contributed by atoms with Crippen molar-refractivity contribution in [3.05, 3.63) is 34.4 Å². The first-order valence-corrected chi connectivity index (χ1v) is 4.52. The number of alkyl halides is 2. The first-order chi connectivity index (χ1) is 6.18. The fraction of sp³-hybridized carbons (Fsp3) is 0.111. The van der Waals surface area contributed by atoms with Crippen molar-refractivity contribution in [3.63, 3.8) is 0 Å². The lowest BCUT2D eigenvalue weighted by Gasteiger charge is -2.02. The molecule has 0 spiro atoms. The number of aromatic amines is 1. The van der Waals surface area contributed by atoms with Gasteiger partial charge < -0.3 is 4.98 Å². The van der Waals surface area contributed by atoms with E-state index in [0.29, 0.717) is 9.86 Å². The van der Waals surface area contributed by atoms with Crippen molar-refractivity contribution in [3.8, 4) is 0 Å². The Hall–Kier alpha value is -0.900. The van der Waals surface area contributed by atoms with Gasteiger partial charge in [-0.15, -0.1) is 0 Å². The average Bonchev–Trinajstić information content (AvgIpc) is 2.49. The fourth-order valence-electron chi connectivity index (χ4n) is 1.34. The van der Waals surface area contributed by atoms with Crippen LogP contribution in [0.1, 0.15) is 12.0 Å². The summed E-state index contributed by atoms with van der Waals surface area (Å²) in [7, 11) is 0. The number of H-pyrrole nitrogens is 1. The molecule has 0 saturated heterocycles. The first kappa shape index (κ1) is 8.69. The van der Waals surface area contributed by atoms with Crippen molar-refractivity contribution in [2.75, 3.05) is 0 Å². The molecule has 0 aliphatic carbocycles. The van der Waals surface area contributed by atoms with Gasteiger partial charge in [0, 0.05) is 27.1 Å². The lowest BCUT2D eigenvalue weighted by Crippen LogP contribution is -1.85. The molecule has 0 unspecified atom stereocenters. The molecule has 2 aromatic rings. The lowest BCUT2D eigenvalue weighted by molar-refractivity contribution is 0.153. The molecule has 0 amide bonds. The van der Waals surface area contributed by atoms with Crippen molar-refractivity contribution in [1.29, 1.82) is 0 Å². The van der Waals surface area contributed by atoms with Gasteiger partial charge in [0.15, 0.2) is 0 Å². The third kappa shape index (κ3) is 1.46.